The summed E-state index contributed by atoms with van der Waals surface area (Å²) in [5.74, 6) is -2.49. The van der Waals surface area contributed by atoms with E-state index in [4.69, 9.17) is 5.11 Å². The Bertz CT molecular complexity index is 612. The first kappa shape index (κ1) is 18.6. The fourth-order valence-electron chi connectivity index (χ4n) is 1.82. The summed E-state index contributed by atoms with van der Waals surface area (Å²) in [4.78, 5) is 22.3. The molecule has 0 atom stereocenters. The summed E-state index contributed by atoms with van der Waals surface area (Å²) < 4.78 is 0. The molecule has 20 heavy (non-hydrogen) atoms. The van der Waals surface area contributed by atoms with Gasteiger partial charge in [-0.25, -0.2) is 9.59 Å². The molecule has 4 nitrogen and oxygen atoms in total. The maximum atomic E-state index is 11.3. The van der Waals surface area contributed by atoms with Crippen molar-refractivity contribution in [3.8, 4) is 11.1 Å². The normalized spacial score (nSPS) is 9.00. The minimum atomic E-state index is -1.25. The van der Waals surface area contributed by atoms with Crippen LogP contribution in [0.1, 0.15) is 20.7 Å². The molecule has 0 spiro atoms. The van der Waals surface area contributed by atoms with E-state index in [0.29, 0.717) is 11.1 Å². The van der Waals surface area contributed by atoms with Gasteiger partial charge in [0.05, 0.1) is 11.1 Å². The van der Waals surface area contributed by atoms with Gasteiger partial charge in [0.25, 0.3) is 0 Å². The van der Waals surface area contributed by atoms with Gasteiger partial charge < -0.3 is 10.2 Å². The molecule has 2 aromatic carbocycles. The zero-order valence-electron chi connectivity index (χ0n) is 11.3. The van der Waals surface area contributed by atoms with Crippen LogP contribution in [0.25, 0.3) is 11.1 Å². The van der Waals surface area contributed by atoms with Crippen LogP contribution < -0.4 is 0 Å². The molecule has 0 aliphatic heterocycles. The number of rotatable bonds is 3. The van der Waals surface area contributed by atoms with E-state index in [-0.39, 0.29) is 48.8 Å². The first-order valence-corrected chi connectivity index (χ1v) is 5.26. The predicted molar refractivity (Wildman–Crippen MR) is 77.3 cm³/mol. The SMILES string of the molecule is O=C(O)c1cccc(-c2ccccc2)c1C(=O)O.[Li].[Li]. The molecule has 0 amide bonds. The molecule has 0 aliphatic rings. The Morgan fingerprint density at radius 1 is 0.750 bits per heavy atom. The van der Waals surface area contributed by atoms with Crippen LogP contribution in [0.2, 0.25) is 0 Å². The van der Waals surface area contributed by atoms with Crippen molar-refractivity contribution in [2.24, 2.45) is 0 Å². The number of hydrogen-bond donors (Lipinski definition) is 2. The summed E-state index contributed by atoms with van der Waals surface area (Å²) in [6.45, 7) is 0. The summed E-state index contributed by atoms with van der Waals surface area (Å²) in [5.41, 5.74) is 0.695. The maximum Gasteiger partial charge on any atom is 0.337 e. The Labute approximate surface area is 140 Å². The summed E-state index contributed by atoms with van der Waals surface area (Å²) in [6.07, 6.45) is 0. The molecule has 0 unspecified atom stereocenters. The van der Waals surface area contributed by atoms with E-state index in [0.717, 1.165) is 0 Å². The van der Waals surface area contributed by atoms with Crippen LogP contribution in [0.5, 0.6) is 0 Å². The van der Waals surface area contributed by atoms with Crippen molar-refractivity contribution in [3.05, 3.63) is 59.7 Å². The quantitative estimate of drug-likeness (QED) is 0.823. The molecule has 0 aliphatic carbocycles. The van der Waals surface area contributed by atoms with Crippen LogP contribution in [0.4, 0.5) is 0 Å². The largest absolute Gasteiger partial charge is 0.478 e. The van der Waals surface area contributed by atoms with Gasteiger partial charge in [-0.05, 0) is 17.2 Å². The van der Waals surface area contributed by atoms with Gasteiger partial charge in [0, 0.05) is 37.7 Å². The molecule has 0 heterocycles. The average molecular weight is 256 g/mol. The first-order chi connectivity index (χ1) is 8.61. The zero-order valence-corrected chi connectivity index (χ0v) is 11.3. The molecule has 0 aromatic heterocycles. The van der Waals surface area contributed by atoms with Gasteiger partial charge in [-0.2, -0.15) is 0 Å². The molecule has 2 N–H and O–H groups in total. The zero-order chi connectivity index (χ0) is 13.1. The van der Waals surface area contributed by atoms with Crippen molar-refractivity contribution < 1.29 is 19.8 Å². The molecule has 0 saturated heterocycles. The number of hydrogen-bond acceptors (Lipinski definition) is 2. The van der Waals surface area contributed by atoms with Crippen LogP contribution in [-0.4, -0.2) is 59.9 Å². The predicted octanol–water partition coefficient (Wildman–Crippen LogP) is 1.99. The van der Waals surface area contributed by atoms with Crippen molar-refractivity contribution >= 4 is 49.7 Å². The summed E-state index contributed by atoms with van der Waals surface area (Å²) in [7, 11) is 0. The number of carboxylic acids is 2. The number of aromatic carboxylic acids is 2. The first-order valence-electron chi connectivity index (χ1n) is 5.26. The van der Waals surface area contributed by atoms with Crippen LogP contribution in [0.3, 0.4) is 0 Å². The Morgan fingerprint density at radius 2 is 1.35 bits per heavy atom. The van der Waals surface area contributed by atoms with Crippen LogP contribution in [0, 0.1) is 0 Å². The molecule has 2 radical (unpaired) electrons. The van der Waals surface area contributed by atoms with Gasteiger partial charge in [0.1, 0.15) is 0 Å². The topological polar surface area (TPSA) is 74.6 Å². The van der Waals surface area contributed by atoms with E-state index < -0.39 is 11.9 Å². The minimum absolute atomic E-state index is 0. The van der Waals surface area contributed by atoms with Gasteiger partial charge in [-0.3, -0.25) is 0 Å². The van der Waals surface area contributed by atoms with Crippen LogP contribution in [0.15, 0.2) is 48.5 Å². The fraction of sp³-hybridized carbons (Fsp3) is 0. The van der Waals surface area contributed by atoms with E-state index >= 15 is 0 Å². The minimum Gasteiger partial charge on any atom is -0.478 e. The molecular formula is C14H10Li2O4. The molecule has 0 saturated carbocycles. The molecule has 2 rings (SSSR count). The Kier molecular flexibility index (Phi) is 7.43. The molecule has 0 fully saturated rings. The van der Waals surface area contributed by atoms with Gasteiger partial charge in [0.15, 0.2) is 0 Å². The van der Waals surface area contributed by atoms with Crippen molar-refractivity contribution in [1.82, 2.24) is 0 Å². The van der Waals surface area contributed by atoms with Crippen molar-refractivity contribution in [3.63, 3.8) is 0 Å². The third kappa shape index (κ3) is 3.79. The Balaban J connectivity index is 0.00000180. The average Bonchev–Trinajstić information content (AvgIpc) is 2.38. The molecule has 92 valence electrons. The second-order valence-electron chi connectivity index (χ2n) is 3.70. The van der Waals surface area contributed by atoms with E-state index in [2.05, 4.69) is 0 Å². The Hall–Kier alpha value is -1.43. The third-order valence-electron chi connectivity index (χ3n) is 2.59. The summed E-state index contributed by atoms with van der Waals surface area (Å²) in [6, 6.07) is 13.3. The van der Waals surface area contributed by atoms with Gasteiger partial charge in [-0.15, -0.1) is 0 Å². The second kappa shape index (κ2) is 7.99. The van der Waals surface area contributed by atoms with Crippen molar-refractivity contribution in [2.75, 3.05) is 0 Å². The van der Waals surface area contributed by atoms with Crippen molar-refractivity contribution in [2.45, 2.75) is 0 Å². The van der Waals surface area contributed by atoms with Crippen LogP contribution >= 0.6 is 0 Å². The molecule has 0 bridgehead atoms. The van der Waals surface area contributed by atoms with E-state index in [9.17, 15) is 14.7 Å². The smallest absolute Gasteiger partial charge is 0.337 e. The summed E-state index contributed by atoms with van der Waals surface area (Å²) >= 11 is 0. The third-order valence-corrected chi connectivity index (χ3v) is 2.59. The van der Waals surface area contributed by atoms with Gasteiger partial charge in [0.2, 0.25) is 0 Å². The van der Waals surface area contributed by atoms with E-state index in [1.807, 2.05) is 6.07 Å². The Morgan fingerprint density at radius 3 is 1.85 bits per heavy atom. The second-order valence-corrected chi connectivity index (χ2v) is 3.70. The number of carboxylic acid groups (broad SMARTS) is 2. The molecule has 2 aromatic rings. The monoisotopic (exact) mass is 256 g/mol. The summed E-state index contributed by atoms with van der Waals surface area (Å²) in [5, 5.41) is 18.2. The fourth-order valence-corrected chi connectivity index (χ4v) is 1.82. The van der Waals surface area contributed by atoms with E-state index in [1.165, 1.54) is 12.1 Å². The maximum absolute atomic E-state index is 11.3. The molecule has 6 heteroatoms. The molecular weight excluding hydrogens is 246 g/mol. The van der Waals surface area contributed by atoms with Crippen molar-refractivity contribution in [1.29, 1.82) is 0 Å². The number of carbonyl (C=O) groups is 2. The number of benzene rings is 2. The standard InChI is InChI=1S/C14H10O4.2Li/c15-13(16)11-8-4-7-10(12(11)14(17)18)9-5-2-1-3-6-9;;/h1-8H,(H,15,16)(H,17,18);;. The van der Waals surface area contributed by atoms with E-state index in [1.54, 1.807) is 30.3 Å². The van der Waals surface area contributed by atoms with Crippen LogP contribution in [-0.2, 0) is 0 Å². The van der Waals surface area contributed by atoms with Gasteiger partial charge >= 0.3 is 11.9 Å². The van der Waals surface area contributed by atoms with Gasteiger partial charge in [-0.1, -0.05) is 42.5 Å².